The Balaban J connectivity index is 1.40. The maximum atomic E-state index is 12.7. The van der Waals surface area contributed by atoms with Crippen molar-refractivity contribution in [2.24, 2.45) is 5.41 Å². The average molecular weight is 598 g/mol. The van der Waals surface area contributed by atoms with Crippen LogP contribution in [0.5, 0.6) is 17.2 Å². The summed E-state index contributed by atoms with van der Waals surface area (Å²) in [5, 5.41) is 9.40. The predicted molar refractivity (Wildman–Crippen MR) is 175 cm³/mol. The van der Waals surface area contributed by atoms with E-state index in [0.29, 0.717) is 36.5 Å². The molecule has 3 aromatic carbocycles. The number of hydrogen-bond donors (Lipinski definition) is 0. The topological polar surface area (TPSA) is 85.6 Å². The summed E-state index contributed by atoms with van der Waals surface area (Å²) in [6, 6.07) is 23.4. The molecule has 0 aromatic heterocycles. The minimum atomic E-state index is -1.16. The van der Waals surface area contributed by atoms with Gasteiger partial charge in [-0.1, -0.05) is 102 Å². The van der Waals surface area contributed by atoms with Crippen LogP contribution in [0.4, 0.5) is 0 Å². The maximum absolute atomic E-state index is 12.7. The maximum Gasteiger partial charge on any atom is 0.343 e. The molecule has 6 nitrogen and oxygen atoms in total. The number of benzene rings is 3. The Hall–Kier alpha value is -4.11. The number of carbonyl (C=O) groups excluding carboxylic acids is 2. The van der Waals surface area contributed by atoms with E-state index in [1.807, 2.05) is 43.3 Å². The van der Waals surface area contributed by atoms with E-state index in [0.717, 1.165) is 23.3 Å². The Bertz CT molecular complexity index is 1330. The van der Waals surface area contributed by atoms with Crippen molar-refractivity contribution in [3.63, 3.8) is 0 Å². The molecule has 0 bridgehead atoms. The largest absolute Gasteiger partial charge is 0.494 e. The van der Waals surface area contributed by atoms with E-state index in [4.69, 9.17) is 14.2 Å². The SMILES string of the molecule is CCCCCCCCCCCCOc1ccc(C(=O)Oc2ccc(-c3ccc(OC(=O)C(C)(C#N)CCC)cc3)cc2)cc1. The lowest BCUT2D eigenvalue weighted by Gasteiger charge is -2.18. The molecule has 6 heteroatoms. The van der Waals surface area contributed by atoms with E-state index >= 15 is 0 Å². The van der Waals surface area contributed by atoms with Gasteiger partial charge in [-0.2, -0.15) is 5.26 Å². The first-order valence-electron chi connectivity index (χ1n) is 16.2. The fourth-order valence-electron chi connectivity index (χ4n) is 4.99. The van der Waals surface area contributed by atoms with Gasteiger partial charge in [0.15, 0.2) is 5.41 Å². The van der Waals surface area contributed by atoms with E-state index in [-0.39, 0.29) is 0 Å². The summed E-state index contributed by atoms with van der Waals surface area (Å²) in [7, 11) is 0. The predicted octanol–water partition coefficient (Wildman–Crippen LogP) is 10.1. The van der Waals surface area contributed by atoms with Gasteiger partial charge in [-0.05, 0) is 79.4 Å². The average Bonchev–Trinajstić information content (AvgIpc) is 3.04. The zero-order valence-electron chi connectivity index (χ0n) is 26.6. The molecule has 3 aromatic rings. The van der Waals surface area contributed by atoms with Gasteiger partial charge in [-0.3, -0.25) is 0 Å². The normalized spacial score (nSPS) is 12.1. The second-order valence-electron chi connectivity index (χ2n) is 11.6. The zero-order valence-corrected chi connectivity index (χ0v) is 26.6. The van der Waals surface area contributed by atoms with E-state index in [1.165, 1.54) is 57.8 Å². The Kier molecular flexibility index (Phi) is 14.5. The Morgan fingerprint density at radius 1 is 0.636 bits per heavy atom. The van der Waals surface area contributed by atoms with Crippen molar-refractivity contribution in [3.8, 4) is 34.4 Å². The molecule has 1 atom stereocenters. The number of ether oxygens (including phenoxy) is 3. The molecular weight excluding hydrogens is 550 g/mol. The zero-order chi connectivity index (χ0) is 31.6. The number of rotatable bonds is 19. The molecule has 0 N–H and O–H groups in total. The molecule has 0 saturated heterocycles. The van der Waals surface area contributed by atoms with Crippen molar-refractivity contribution in [3.05, 3.63) is 78.4 Å². The second kappa shape index (κ2) is 18.5. The van der Waals surface area contributed by atoms with Crippen molar-refractivity contribution in [2.45, 2.75) is 97.8 Å². The molecule has 0 amide bonds. The van der Waals surface area contributed by atoms with Gasteiger partial charge in [-0.25, -0.2) is 9.59 Å². The number of esters is 2. The van der Waals surface area contributed by atoms with Crippen LogP contribution in [0.3, 0.4) is 0 Å². The first-order valence-corrected chi connectivity index (χ1v) is 16.2. The van der Waals surface area contributed by atoms with Crippen LogP contribution in [0.2, 0.25) is 0 Å². The van der Waals surface area contributed by atoms with Crippen LogP contribution >= 0.6 is 0 Å². The number of hydrogen-bond acceptors (Lipinski definition) is 6. The quantitative estimate of drug-likeness (QED) is 0.0776. The van der Waals surface area contributed by atoms with E-state index in [2.05, 4.69) is 13.0 Å². The van der Waals surface area contributed by atoms with Crippen LogP contribution in [-0.2, 0) is 4.79 Å². The third-order valence-electron chi connectivity index (χ3n) is 7.77. The molecule has 0 saturated carbocycles. The van der Waals surface area contributed by atoms with Crippen LogP contribution < -0.4 is 14.2 Å². The Morgan fingerprint density at radius 2 is 1.11 bits per heavy atom. The lowest BCUT2D eigenvalue weighted by molar-refractivity contribution is -0.142. The van der Waals surface area contributed by atoms with Gasteiger partial charge in [0, 0.05) is 0 Å². The fraction of sp³-hybridized carbons (Fsp3) is 0.447. The first-order chi connectivity index (χ1) is 21.4. The first kappa shape index (κ1) is 34.4. The highest BCUT2D eigenvalue weighted by Gasteiger charge is 2.34. The van der Waals surface area contributed by atoms with Gasteiger partial charge in [0.05, 0.1) is 18.2 Å². The smallest absolute Gasteiger partial charge is 0.343 e. The van der Waals surface area contributed by atoms with Crippen molar-refractivity contribution in [2.75, 3.05) is 6.61 Å². The fourth-order valence-corrected chi connectivity index (χ4v) is 4.99. The highest BCUT2D eigenvalue weighted by molar-refractivity contribution is 5.91. The van der Waals surface area contributed by atoms with E-state index in [1.54, 1.807) is 43.3 Å². The molecule has 0 fully saturated rings. The van der Waals surface area contributed by atoms with Gasteiger partial charge in [-0.15, -0.1) is 0 Å². The van der Waals surface area contributed by atoms with E-state index < -0.39 is 17.4 Å². The number of nitrogens with zero attached hydrogens (tertiary/aromatic N) is 1. The summed E-state index contributed by atoms with van der Waals surface area (Å²) in [5.41, 5.74) is 1.12. The molecular formula is C38H47NO5. The molecule has 0 aliphatic rings. The van der Waals surface area contributed by atoms with Crippen LogP contribution in [0.1, 0.15) is 108 Å². The van der Waals surface area contributed by atoms with Gasteiger partial charge in [0.2, 0.25) is 0 Å². The van der Waals surface area contributed by atoms with Crippen LogP contribution in [0, 0.1) is 16.7 Å². The van der Waals surface area contributed by atoms with Crippen molar-refractivity contribution in [1.29, 1.82) is 5.26 Å². The molecule has 44 heavy (non-hydrogen) atoms. The third-order valence-corrected chi connectivity index (χ3v) is 7.77. The minimum Gasteiger partial charge on any atom is -0.494 e. The number of unbranched alkanes of at least 4 members (excludes halogenated alkanes) is 9. The van der Waals surface area contributed by atoms with Crippen LogP contribution in [0.15, 0.2) is 72.8 Å². The highest BCUT2D eigenvalue weighted by Crippen LogP contribution is 2.28. The van der Waals surface area contributed by atoms with Gasteiger partial charge in [0.25, 0.3) is 0 Å². The Morgan fingerprint density at radius 3 is 1.61 bits per heavy atom. The molecule has 0 radical (unpaired) electrons. The summed E-state index contributed by atoms with van der Waals surface area (Å²) in [6.45, 7) is 6.46. The van der Waals surface area contributed by atoms with Crippen molar-refractivity contribution in [1.82, 2.24) is 0 Å². The summed E-state index contributed by atoms with van der Waals surface area (Å²) < 4.78 is 16.9. The highest BCUT2D eigenvalue weighted by atomic mass is 16.5. The van der Waals surface area contributed by atoms with E-state index in [9.17, 15) is 14.9 Å². The molecule has 0 aliphatic heterocycles. The molecule has 0 heterocycles. The number of carbonyl (C=O) groups is 2. The second-order valence-corrected chi connectivity index (χ2v) is 11.6. The van der Waals surface area contributed by atoms with Gasteiger partial charge < -0.3 is 14.2 Å². The molecule has 3 rings (SSSR count). The standard InChI is InChI=1S/C38H47NO5/c1-4-6-7-8-9-10-11-12-13-14-28-42-33-21-19-32(20-22-33)36(40)43-34-23-15-30(16-24-34)31-17-25-35(26-18-31)44-37(41)38(3,29-39)27-5-2/h15-26H,4-14,27-28H2,1-3H3. The van der Waals surface area contributed by atoms with Crippen LogP contribution in [0.25, 0.3) is 11.1 Å². The molecule has 1 unspecified atom stereocenters. The lowest BCUT2D eigenvalue weighted by Crippen LogP contribution is -2.30. The van der Waals surface area contributed by atoms with Crippen LogP contribution in [-0.4, -0.2) is 18.5 Å². The van der Waals surface area contributed by atoms with Crippen molar-refractivity contribution < 1.29 is 23.8 Å². The summed E-state index contributed by atoms with van der Waals surface area (Å²) in [4.78, 5) is 25.2. The minimum absolute atomic E-state index is 0.386. The van der Waals surface area contributed by atoms with Crippen molar-refractivity contribution >= 4 is 11.9 Å². The molecule has 0 aliphatic carbocycles. The molecule has 0 spiro atoms. The summed E-state index contributed by atoms with van der Waals surface area (Å²) >= 11 is 0. The lowest BCUT2D eigenvalue weighted by atomic mass is 9.87. The van der Waals surface area contributed by atoms with Gasteiger partial charge in [0.1, 0.15) is 17.2 Å². The monoisotopic (exact) mass is 597 g/mol. The summed E-state index contributed by atoms with van der Waals surface area (Å²) in [6.07, 6.45) is 14.0. The molecule has 234 valence electrons. The Labute approximate surface area is 263 Å². The third kappa shape index (κ3) is 11.2. The van der Waals surface area contributed by atoms with Gasteiger partial charge >= 0.3 is 11.9 Å². The summed E-state index contributed by atoms with van der Waals surface area (Å²) in [5.74, 6) is 0.599. The number of nitriles is 1.